The van der Waals surface area contributed by atoms with Gasteiger partial charge in [-0.3, -0.25) is 0 Å². The molecule has 0 fully saturated rings. The van der Waals surface area contributed by atoms with Crippen LogP contribution in [0.3, 0.4) is 0 Å². The van der Waals surface area contributed by atoms with E-state index in [1.54, 1.807) is 19.9 Å². The molecule has 2 N–H and O–H groups in total. The highest BCUT2D eigenvalue weighted by Crippen LogP contribution is 2.37. The highest BCUT2D eigenvalue weighted by Gasteiger charge is 2.34. The first-order chi connectivity index (χ1) is 9.20. The van der Waals surface area contributed by atoms with Crippen LogP contribution in [0.15, 0.2) is 30.4 Å². The quantitative estimate of drug-likeness (QED) is 0.804. The zero-order valence-electron chi connectivity index (χ0n) is 11.8. The average Bonchev–Trinajstić information content (AvgIpc) is 2.28. The minimum Gasteiger partial charge on any atom is -0.493 e. The van der Waals surface area contributed by atoms with E-state index in [9.17, 15) is 13.2 Å². The van der Waals surface area contributed by atoms with Crippen LogP contribution in [0.25, 0.3) is 0 Å². The SMILES string of the molecule is C=C(C)CCOc1ccc(CC(C)N)cc1C(F)(F)F. The predicted octanol–water partition coefficient (Wildman–Crippen LogP) is 3.94. The third-order valence-electron chi connectivity index (χ3n) is 2.69. The van der Waals surface area contributed by atoms with E-state index < -0.39 is 11.7 Å². The van der Waals surface area contributed by atoms with Gasteiger partial charge >= 0.3 is 6.18 Å². The van der Waals surface area contributed by atoms with Crippen molar-refractivity contribution in [2.75, 3.05) is 6.61 Å². The van der Waals surface area contributed by atoms with E-state index in [4.69, 9.17) is 10.5 Å². The number of nitrogens with two attached hydrogens (primary N) is 1. The van der Waals surface area contributed by atoms with E-state index in [2.05, 4.69) is 6.58 Å². The summed E-state index contributed by atoms with van der Waals surface area (Å²) in [5.41, 5.74) is 6.28. The maximum Gasteiger partial charge on any atom is 0.419 e. The van der Waals surface area contributed by atoms with Gasteiger partial charge < -0.3 is 10.5 Å². The summed E-state index contributed by atoms with van der Waals surface area (Å²) in [6.07, 6.45) is -3.51. The molecule has 2 nitrogen and oxygen atoms in total. The summed E-state index contributed by atoms with van der Waals surface area (Å²) >= 11 is 0. The summed E-state index contributed by atoms with van der Waals surface area (Å²) in [7, 11) is 0. The van der Waals surface area contributed by atoms with Crippen molar-refractivity contribution in [3.05, 3.63) is 41.5 Å². The molecule has 0 saturated heterocycles. The second-order valence-electron chi connectivity index (χ2n) is 5.07. The van der Waals surface area contributed by atoms with E-state index in [0.29, 0.717) is 18.4 Å². The Morgan fingerprint density at radius 2 is 2.05 bits per heavy atom. The fourth-order valence-electron chi connectivity index (χ4n) is 1.76. The van der Waals surface area contributed by atoms with E-state index >= 15 is 0 Å². The number of benzene rings is 1. The van der Waals surface area contributed by atoms with Crippen LogP contribution in [0, 0.1) is 0 Å². The van der Waals surface area contributed by atoms with Crippen LogP contribution in [0.2, 0.25) is 0 Å². The normalized spacial score (nSPS) is 13.1. The van der Waals surface area contributed by atoms with E-state index in [-0.39, 0.29) is 18.4 Å². The van der Waals surface area contributed by atoms with Crippen molar-refractivity contribution in [1.82, 2.24) is 0 Å². The molecule has 0 aliphatic rings. The van der Waals surface area contributed by atoms with Gasteiger partial charge in [0.25, 0.3) is 0 Å². The van der Waals surface area contributed by atoms with Crippen molar-refractivity contribution >= 4 is 0 Å². The second-order valence-corrected chi connectivity index (χ2v) is 5.07. The number of hydrogen-bond donors (Lipinski definition) is 1. The fourth-order valence-corrected chi connectivity index (χ4v) is 1.76. The number of alkyl halides is 3. The van der Waals surface area contributed by atoms with E-state index in [1.807, 2.05) is 0 Å². The zero-order valence-corrected chi connectivity index (χ0v) is 11.8. The van der Waals surface area contributed by atoms with Gasteiger partial charge in [0.1, 0.15) is 5.75 Å². The van der Waals surface area contributed by atoms with Gasteiger partial charge in [-0.05, 0) is 38.0 Å². The van der Waals surface area contributed by atoms with Gasteiger partial charge in [0.2, 0.25) is 0 Å². The maximum atomic E-state index is 13.0. The van der Waals surface area contributed by atoms with Crippen LogP contribution in [0.4, 0.5) is 13.2 Å². The lowest BCUT2D eigenvalue weighted by atomic mass is 10.0. The van der Waals surface area contributed by atoms with Gasteiger partial charge in [0.05, 0.1) is 12.2 Å². The standard InChI is InChI=1S/C15H20F3NO/c1-10(2)6-7-20-14-5-4-12(8-11(3)19)9-13(14)15(16,17)18/h4-5,9,11H,1,6-8,19H2,2-3H3. The number of halogens is 3. The molecule has 20 heavy (non-hydrogen) atoms. The lowest BCUT2D eigenvalue weighted by molar-refractivity contribution is -0.139. The molecule has 1 rings (SSSR count). The summed E-state index contributed by atoms with van der Waals surface area (Å²) in [5, 5.41) is 0. The molecule has 0 radical (unpaired) electrons. The Bertz CT molecular complexity index is 467. The lowest BCUT2D eigenvalue weighted by Crippen LogP contribution is -2.18. The summed E-state index contributed by atoms with van der Waals surface area (Å²) in [6, 6.07) is 3.90. The third-order valence-corrected chi connectivity index (χ3v) is 2.69. The Hall–Kier alpha value is -1.49. The summed E-state index contributed by atoms with van der Waals surface area (Å²) in [6.45, 7) is 7.43. The molecule has 0 amide bonds. The van der Waals surface area contributed by atoms with Crippen LogP contribution < -0.4 is 10.5 Å². The minimum atomic E-state index is -4.44. The smallest absolute Gasteiger partial charge is 0.419 e. The molecule has 0 heterocycles. The van der Waals surface area contributed by atoms with Crippen molar-refractivity contribution in [2.45, 2.75) is 38.9 Å². The maximum absolute atomic E-state index is 13.0. The lowest BCUT2D eigenvalue weighted by Gasteiger charge is -2.16. The van der Waals surface area contributed by atoms with Gasteiger partial charge in [-0.1, -0.05) is 11.6 Å². The summed E-state index contributed by atoms with van der Waals surface area (Å²) < 4.78 is 44.3. The summed E-state index contributed by atoms with van der Waals surface area (Å²) in [4.78, 5) is 0. The molecule has 1 aromatic carbocycles. The molecule has 0 aromatic heterocycles. The number of ether oxygens (including phenoxy) is 1. The number of hydrogen-bond acceptors (Lipinski definition) is 2. The first-order valence-electron chi connectivity index (χ1n) is 6.43. The monoisotopic (exact) mass is 287 g/mol. The van der Waals surface area contributed by atoms with E-state index in [0.717, 1.165) is 11.6 Å². The molecule has 0 bridgehead atoms. The highest BCUT2D eigenvalue weighted by molar-refractivity contribution is 5.39. The molecule has 0 spiro atoms. The van der Waals surface area contributed by atoms with Crippen molar-refractivity contribution in [1.29, 1.82) is 0 Å². The molecule has 1 aromatic rings. The first-order valence-corrected chi connectivity index (χ1v) is 6.43. The molecule has 0 saturated carbocycles. The predicted molar refractivity (Wildman–Crippen MR) is 73.7 cm³/mol. The fraction of sp³-hybridized carbons (Fsp3) is 0.467. The van der Waals surface area contributed by atoms with Gasteiger partial charge in [-0.2, -0.15) is 13.2 Å². The van der Waals surface area contributed by atoms with Gasteiger partial charge in [0, 0.05) is 12.5 Å². The molecule has 1 unspecified atom stereocenters. The van der Waals surface area contributed by atoms with Gasteiger partial charge in [0.15, 0.2) is 0 Å². The Labute approximate surface area is 117 Å². The molecular weight excluding hydrogens is 267 g/mol. The van der Waals surface area contributed by atoms with Crippen molar-refractivity contribution < 1.29 is 17.9 Å². The summed E-state index contributed by atoms with van der Waals surface area (Å²) in [5.74, 6) is -0.146. The van der Waals surface area contributed by atoms with Crippen LogP contribution in [0.1, 0.15) is 31.4 Å². The van der Waals surface area contributed by atoms with Crippen LogP contribution in [-0.4, -0.2) is 12.6 Å². The van der Waals surface area contributed by atoms with Gasteiger partial charge in [-0.25, -0.2) is 0 Å². The Kier molecular flexibility index (Phi) is 5.62. The molecule has 0 aliphatic heterocycles. The van der Waals surface area contributed by atoms with E-state index in [1.165, 1.54) is 6.07 Å². The molecule has 0 aliphatic carbocycles. The molecule has 1 atom stereocenters. The van der Waals surface area contributed by atoms with Crippen LogP contribution in [-0.2, 0) is 12.6 Å². The Balaban J connectivity index is 2.95. The molecular formula is C15H20F3NO. The zero-order chi connectivity index (χ0) is 15.3. The Morgan fingerprint density at radius 1 is 1.40 bits per heavy atom. The largest absolute Gasteiger partial charge is 0.493 e. The second kappa shape index (κ2) is 6.79. The van der Waals surface area contributed by atoms with Crippen LogP contribution in [0.5, 0.6) is 5.75 Å². The highest BCUT2D eigenvalue weighted by atomic mass is 19.4. The third kappa shape index (κ3) is 5.25. The van der Waals surface area contributed by atoms with Crippen molar-refractivity contribution in [3.8, 4) is 5.75 Å². The van der Waals surface area contributed by atoms with Gasteiger partial charge in [-0.15, -0.1) is 6.58 Å². The average molecular weight is 287 g/mol. The molecule has 5 heteroatoms. The topological polar surface area (TPSA) is 35.2 Å². The number of rotatable bonds is 6. The van der Waals surface area contributed by atoms with Crippen molar-refractivity contribution in [2.24, 2.45) is 5.73 Å². The minimum absolute atomic E-state index is 0.146. The Morgan fingerprint density at radius 3 is 2.55 bits per heavy atom. The molecule has 112 valence electrons. The van der Waals surface area contributed by atoms with Crippen molar-refractivity contribution in [3.63, 3.8) is 0 Å². The first kappa shape index (κ1) is 16.6. The van der Waals surface area contributed by atoms with Crippen LogP contribution >= 0.6 is 0 Å².